The Morgan fingerprint density at radius 1 is 1.35 bits per heavy atom. The van der Waals surface area contributed by atoms with Gasteiger partial charge in [-0.05, 0) is 44.0 Å². The summed E-state index contributed by atoms with van der Waals surface area (Å²) in [5.74, 6) is 1.70. The zero-order valence-electron chi connectivity index (χ0n) is 13.5. The summed E-state index contributed by atoms with van der Waals surface area (Å²) < 4.78 is 11.4. The van der Waals surface area contributed by atoms with E-state index in [1.165, 1.54) is 5.56 Å². The van der Waals surface area contributed by atoms with E-state index in [1.807, 2.05) is 26.0 Å². The van der Waals surface area contributed by atoms with Crippen LogP contribution < -0.4 is 10.5 Å². The third kappa shape index (κ3) is 3.56. The maximum Gasteiger partial charge on any atom is 0.289 e. The molecule has 2 heterocycles. The highest BCUT2D eigenvalue weighted by Gasteiger charge is 2.26. The molecule has 23 heavy (non-hydrogen) atoms. The minimum atomic E-state index is -0.101. The lowest BCUT2D eigenvalue weighted by molar-refractivity contribution is 0.0755. The summed E-state index contributed by atoms with van der Waals surface area (Å²) in [5.41, 5.74) is 8.12. The molecule has 1 fully saturated rings. The Morgan fingerprint density at radius 2 is 2.17 bits per heavy atom. The second-order valence-electron chi connectivity index (χ2n) is 6.12. The number of benzene rings is 1. The van der Waals surface area contributed by atoms with E-state index in [0.29, 0.717) is 31.2 Å². The number of nitrogens with zero attached hydrogens (tertiary/aromatic N) is 1. The number of amides is 1. The predicted octanol–water partition coefficient (Wildman–Crippen LogP) is 2.65. The molecule has 1 atom stereocenters. The van der Waals surface area contributed by atoms with Crippen LogP contribution in [0.1, 0.15) is 33.9 Å². The van der Waals surface area contributed by atoms with Gasteiger partial charge in [-0.1, -0.05) is 17.7 Å². The molecule has 5 nitrogen and oxygen atoms in total. The van der Waals surface area contributed by atoms with E-state index in [-0.39, 0.29) is 11.9 Å². The summed E-state index contributed by atoms with van der Waals surface area (Å²) in [5, 5.41) is 0. The van der Waals surface area contributed by atoms with Gasteiger partial charge in [0.15, 0.2) is 5.76 Å². The first-order chi connectivity index (χ1) is 11.0. The minimum absolute atomic E-state index is 0.0706. The van der Waals surface area contributed by atoms with Crippen molar-refractivity contribution in [1.82, 2.24) is 4.90 Å². The standard InChI is InChI=1S/C18H22N2O3/c1-12-3-5-16(13(2)9-12)22-11-15-4-6-17(23-15)18(21)20-8-7-14(19)10-20/h3-6,9,14H,7-8,10-11,19H2,1-2H3/t14-/m1/s1. The lowest BCUT2D eigenvalue weighted by Gasteiger charge is -2.13. The van der Waals surface area contributed by atoms with Gasteiger partial charge < -0.3 is 19.8 Å². The van der Waals surface area contributed by atoms with Gasteiger partial charge in [0.2, 0.25) is 0 Å². The quantitative estimate of drug-likeness (QED) is 0.942. The highest BCUT2D eigenvalue weighted by molar-refractivity contribution is 5.91. The molecule has 0 aliphatic carbocycles. The molecule has 0 bridgehead atoms. The molecule has 1 aromatic carbocycles. The Hall–Kier alpha value is -2.27. The molecule has 0 unspecified atom stereocenters. The van der Waals surface area contributed by atoms with Crippen LogP contribution in [0.2, 0.25) is 0 Å². The SMILES string of the molecule is Cc1ccc(OCc2ccc(C(=O)N3CC[C@@H](N)C3)o2)c(C)c1. The summed E-state index contributed by atoms with van der Waals surface area (Å²) >= 11 is 0. The number of furan rings is 1. The maximum absolute atomic E-state index is 12.3. The summed E-state index contributed by atoms with van der Waals surface area (Å²) in [4.78, 5) is 14.0. The number of likely N-dealkylation sites (tertiary alicyclic amines) is 1. The number of aryl methyl sites for hydroxylation is 2. The molecule has 1 saturated heterocycles. The molecule has 3 rings (SSSR count). The van der Waals surface area contributed by atoms with Crippen molar-refractivity contribution in [2.75, 3.05) is 13.1 Å². The molecule has 0 radical (unpaired) electrons. The Bertz CT molecular complexity index is 708. The van der Waals surface area contributed by atoms with Crippen LogP contribution in [0.3, 0.4) is 0 Å². The molecule has 122 valence electrons. The number of hydrogen-bond donors (Lipinski definition) is 1. The van der Waals surface area contributed by atoms with Crippen LogP contribution in [0.4, 0.5) is 0 Å². The average molecular weight is 314 g/mol. The predicted molar refractivity (Wildman–Crippen MR) is 87.5 cm³/mol. The van der Waals surface area contributed by atoms with Crippen molar-refractivity contribution in [3.8, 4) is 5.75 Å². The van der Waals surface area contributed by atoms with Gasteiger partial charge in [0.1, 0.15) is 18.1 Å². The highest BCUT2D eigenvalue weighted by Crippen LogP contribution is 2.21. The lowest BCUT2D eigenvalue weighted by atomic mass is 10.1. The third-order valence-electron chi connectivity index (χ3n) is 4.08. The summed E-state index contributed by atoms with van der Waals surface area (Å²) in [6.45, 7) is 5.64. The second-order valence-corrected chi connectivity index (χ2v) is 6.12. The molecule has 2 aromatic rings. The normalized spacial score (nSPS) is 17.5. The minimum Gasteiger partial charge on any atom is -0.485 e. The average Bonchev–Trinajstić information content (AvgIpc) is 3.15. The summed E-state index contributed by atoms with van der Waals surface area (Å²) in [6, 6.07) is 9.59. The number of rotatable bonds is 4. The van der Waals surface area contributed by atoms with Crippen LogP contribution in [0.5, 0.6) is 5.75 Å². The Morgan fingerprint density at radius 3 is 2.87 bits per heavy atom. The van der Waals surface area contributed by atoms with Crippen LogP contribution in [-0.4, -0.2) is 29.9 Å². The monoisotopic (exact) mass is 314 g/mol. The van der Waals surface area contributed by atoms with E-state index in [9.17, 15) is 4.79 Å². The zero-order valence-corrected chi connectivity index (χ0v) is 13.5. The fourth-order valence-corrected chi connectivity index (χ4v) is 2.81. The zero-order chi connectivity index (χ0) is 16.4. The Balaban J connectivity index is 1.62. The van der Waals surface area contributed by atoms with E-state index < -0.39 is 0 Å². The number of carbonyl (C=O) groups excluding carboxylic acids is 1. The van der Waals surface area contributed by atoms with Gasteiger partial charge in [-0.15, -0.1) is 0 Å². The molecule has 1 aliphatic heterocycles. The smallest absolute Gasteiger partial charge is 0.289 e. The van der Waals surface area contributed by atoms with E-state index >= 15 is 0 Å². The van der Waals surface area contributed by atoms with Gasteiger partial charge in [-0.3, -0.25) is 4.79 Å². The van der Waals surface area contributed by atoms with Gasteiger partial charge in [0.05, 0.1) is 0 Å². The van der Waals surface area contributed by atoms with Gasteiger partial charge in [-0.2, -0.15) is 0 Å². The summed E-state index contributed by atoms with van der Waals surface area (Å²) in [7, 11) is 0. The number of ether oxygens (including phenoxy) is 1. The van der Waals surface area contributed by atoms with Crippen LogP contribution >= 0.6 is 0 Å². The lowest BCUT2D eigenvalue weighted by Crippen LogP contribution is -2.31. The topological polar surface area (TPSA) is 68.7 Å². The van der Waals surface area contributed by atoms with Crippen molar-refractivity contribution in [3.05, 3.63) is 53.0 Å². The second kappa shape index (κ2) is 6.46. The molecule has 0 saturated carbocycles. The van der Waals surface area contributed by atoms with Crippen molar-refractivity contribution in [3.63, 3.8) is 0 Å². The molecule has 1 amide bonds. The van der Waals surface area contributed by atoms with Crippen molar-refractivity contribution < 1.29 is 13.9 Å². The molecule has 1 aliphatic rings. The van der Waals surface area contributed by atoms with Crippen LogP contribution in [-0.2, 0) is 6.61 Å². The molecular formula is C18H22N2O3. The third-order valence-corrected chi connectivity index (χ3v) is 4.08. The number of nitrogens with two attached hydrogens (primary N) is 1. The first-order valence-corrected chi connectivity index (χ1v) is 7.86. The van der Waals surface area contributed by atoms with E-state index in [0.717, 1.165) is 17.7 Å². The largest absolute Gasteiger partial charge is 0.485 e. The Kier molecular flexibility index (Phi) is 4.39. The summed E-state index contributed by atoms with van der Waals surface area (Å²) in [6.07, 6.45) is 0.842. The van der Waals surface area contributed by atoms with Crippen molar-refractivity contribution in [2.45, 2.75) is 32.9 Å². The van der Waals surface area contributed by atoms with E-state index in [1.54, 1.807) is 17.0 Å². The Labute approximate surface area is 136 Å². The molecule has 5 heteroatoms. The first-order valence-electron chi connectivity index (χ1n) is 7.86. The number of hydrogen-bond acceptors (Lipinski definition) is 4. The molecule has 2 N–H and O–H groups in total. The van der Waals surface area contributed by atoms with Gasteiger partial charge >= 0.3 is 0 Å². The van der Waals surface area contributed by atoms with Crippen LogP contribution in [0, 0.1) is 13.8 Å². The van der Waals surface area contributed by atoms with Crippen molar-refractivity contribution in [1.29, 1.82) is 0 Å². The van der Waals surface area contributed by atoms with Gasteiger partial charge in [-0.25, -0.2) is 0 Å². The van der Waals surface area contributed by atoms with Crippen molar-refractivity contribution >= 4 is 5.91 Å². The maximum atomic E-state index is 12.3. The number of carbonyl (C=O) groups is 1. The van der Waals surface area contributed by atoms with Gasteiger partial charge in [0.25, 0.3) is 5.91 Å². The van der Waals surface area contributed by atoms with E-state index in [2.05, 4.69) is 6.07 Å². The first kappa shape index (κ1) is 15.6. The molecule has 0 spiro atoms. The fourth-order valence-electron chi connectivity index (χ4n) is 2.81. The van der Waals surface area contributed by atoms with E-state index in [4.69, 9.17) is 14.9 Å². The molecular weight excluding hydrogens is 292 g/mol. The van der Waals surface area contributed by atoms with Crippen LogP contribution in [0.15, 0.2) is 34.7 Å². The van der Waals surface area contributed by atoms with Gasteiger partial charge in [0, 0.05) is 19.1 Å². The molecule has 1 aromatic heterocycles. The highest BCUT2D eigenvalue weighted by atomic mass is 16.5. The van der Waals surface area contributed by atoms with Crippen molar-refractivity contribution in [2.24, 2.45) is 5.73 Å². The van der Waals surface area contributed by atoms with Crippen LogP contribution in [0.25, 0.3) is 0 Å². The fraction of sp³-hybridized carbons (Fsp3) is 0.389.